The van der Waals surface area contributed by atoms with Crippen molar-refractivity contribution in [3.8, 4) is 0 Å². The van der Waals surface area contributed by atoms with E-state index in [4.69, 9.17) is 9.47 Å². The number of rotatable bonds is 17. The van der Waals surface area contributed by atoms with Gasteiger partial charge in [0, 0.05) is 54.4 Å². The van der Waals surface area contributed by atoms with Crippen molar-refractivity contribution in [2.45, 2.75) is 142 Å². The zero-order chi connectivity index (χ0) is 49.3. The summed E-state index contributed by atoms with van der Waals surface area (Å²) < 4.78 is 11.0. The molecular formula is C54H69N5O8. The maximum Gasteiger partial charge on any atom is 0.408 e. The Morgan fingerprint density at radius 3 is 1.69 bits per heavy atom. The van der Waals surface area contributed by atoms with Crippen LogP contribution in [0, 0.1) is 17.8 Å². The molecule has 6 rings (SSSR count). The van der Waals surface area contributed by atoms with Crippen LogP contribution in [-0.4, -0.2) is 75.6 Å². The first-order valence-corrected chi connectivity index (χ1v) is 23.4. The summed E-state index contributed by atoms with van der Waals surface area (Å²) in [6.07, 6.45) is 8.25. The molecule has 2 aromatic rings. The molecule has 5 N–H and O–H groups in total. The number of alkyl carbamates (subject to hydrolysis) is 1. The number of Topliss-reactive ketones (excluding diaryl/α,β-unsaturated/α-hetero) is 4. The zero-order valence-electron chi connectivity index (χ0n) is 41.2. The van der Waals surface area contributed by atoms with Crippen molar-refractivity contribution in [2.75, 3.05) is 7.11 Å². The number of ketones is 4. The van der Waals surface area contributed by atoms with Crippen LogP contribution in [-0.2, 0) is 46.3 Å². The predicted octanol–water partition coefficient (Wildman–Crippen LogP) is 7.19. The number of ether oxygens (including phenoxy) is 2. The van der Waals surface area contributed by atoms with Crippen LogP contribution >= 0.6 is 0 Å². The average Bonchev–Trinajstić information content (AvgIpc) is 3.97. The Morgan fingerprint density at radius 2 is 1.18 bits per heavy atom. The molecule has 67 heavy (non-hydrogen) atoms. The summed E-state index contributed by atoms with van der Waals surface area (Å²) >= 11 is 0. The molecule has 5 atom stereocenters. The highest BCUT2D eigenvalue weighted by atomic mass is 16.6. The Balaban J connectivity index is 1.41. The van der Waals surface area contributed by atoms with E-state index in [0.29, 0.717) is 24.0 Å². The zero-order valence-corrected chi connectivity index (χ0v) is 41.2. The molecule has 0 bridgehead atoms. The van der Waals surface area contributed by atoms with Crippen LogP contribution in [0.4, 0.5) is 4.79 Å². The van der Waals surface area contributed by atoms with Gasteiger partial charge < -0.3 is 36.1 Å². The maximum atomic E-state index is 15.7. The topological polar surface area (TPSA) is 181 Å². The number of carbonyl (C=O) groups is 6. The van der Waals surface area contributed by atoms with E-state index < -0.39 is 68.6 Å². The number of hydrogen-bond donors (Lipinski definition) is 5. The Bertz CT molecular complexity index is 2460. The van der Waals surface area contributed by atoms with E-state index in [0.717, 1.165) is 11.1 Å². The molecule has 13 heteroatoms. The first kappa shape index (κ1) is 50.2. The third-order valence-electron chi connectivity index (χ3n) is 13.3. The van der Waals surface area contributed by atoms with Crippen LogP contribution in [0.25, 0.3) is 0 Å². The fourth-order valence-electron chi connectivity index (χ4n) is 10.2. The fraction of sp³-hybridized carbons (Fsp3) is 0.481. The van der Waals surface area contributed by atoms with E-state index in [-0.39, 0.29) is 53.6 Å². The second-order valence-corrected chi connectivity index (χ2v) is 21.0. The first-order valence-electron chi connectivity index (χ1n) is 23.4. The maximum absolute atomic E-state index is 15.7. The minimum absolute atomic E-state index is 0.0478. The SMILES string of the molecule is COC(=O)C(Cc1ccccc1)(NC(=O)OC(C)(C)C)C1=CNC(C2=CN[C@@](CC(C)C)(C3=CNC(CC(C)C)(C4=CN[C@](CC=C(C)C)(Cc5ccccc5)C4=O)C3=O)C2=O)(C(C)C)C1=O. The van der Waals surface area contributed by atoms with Crippen LogP contribution in [0.3, 0.4) is 0 Å². The summed E-state index contributed by atoms with van der Waals surface area (Å²) in [5, 5.41) is 16.2. The molecule has 0 spiro atoms. The van der Waals surface area contributed by atoms with Crippen LogP contribution in [0.2, 0.25) is 0 Å². The number of methoxy groups -OCH3 is 1. The largest absolute Gasteiger partial charge is 0.467 e. The summed E-state index contributed by atoms with van der Waals surface area (Å²) in [6.45, 7) is 20.5. The van der Waals surface area contributed by atoms with Crippen LogP contribution in [0.5, 0.6) is 0 Å². The minimum Gasteiger partial charge on any atom is -0.467 e. The number of allylic oxidation sites excluding steroid dienone is 1. The second-order valence-electron chi connectivity index (χ2n) is 21.0. The highest BCUT2D eigenvalue weighted by Gasteiger charge is 2.65. The lowest BCUT2D eigenvalue weighted by Gasteiger charge is -2.39. The monoisotopic (exact) mass is 916 g/mol. The van der Waals surface area contributed by atoms with Gasteiger partial charge in [0.05, 0.1) is 12.7 Å². The molecule has 358 valence electrons. The Morgan fingerprint density at radius 1 is 0.672 bits per heavy atom. The molecule has 0 aromatic heterocycles. The van der Waals surface area contributed by atoms with E-state index >= 15 is 19.2 Å². The van der Waals surface area contributed by atoms with Crippen molar-refractivity contribution < 1.29 is 38.2 Å². The first-order chi connectivity index (χ1) is 31.4. The molecule has 4 heterocycles. The standard InChI is InChI=1S/C54H69N5O8/c1-33(2)23-24-50(27-37-19-15-13-16-20-37)43(60)39(29-55-50)51(25-34(3)4)44(61)40(30-56-51)52(26-35(5)6)45(62)42(32-57-52)54(36(7)8)46(63)41(31-58-54)53(47(64)66-12,28-38-21-17-14-18-22-38)59-48(65)67-49(9,10)11/h13-23,29-32,34-36,55-58H,24-28H2,1-12H3,(H,59,65)/t50-,51?,52+,53?,54?/m1/s1. The van der Waals surface area contributed by atoms with Crippen molar-refractivity contribution >= 4 is 35.2 Å². The Kier molecular flexibility index (Phi) is 14.1. The van der Waals surface area contributed by atoms with Crippen LogP contribution in [0.15, 0.2) is 119 Å². The van der Waals surface area contributed by atoms with Gasteiger partial charge in [-0.15, -0.1) is 0 Å². The normalized spacial score (nSPS) is 25.7. The number of carbonyl (C=O) groups excluding carboxylic acids is 6. The molecule has 0 saturated carbocycles. The molecule has 3 unspecified atom stereocenters. The second kappa shape index (κ2) is 18.8. The molecule has 13 nitrogen and oxygen atoms in total. The summed E-state index contributed by atoms with van der Waals surface area (Å²) in [6, 6.07) is 18.7. The van der Waals surface area contributed by atoms with Crippen molar-refractivity contribution in [3.05, 3.63) is 131 Å². The number of hydrogen-bond acceptors (Lipinski definition) is 12. The van der Waals surface area contributed by atoms with E-state index in [1.54, 1.807) is 71.3 Å². The summed E-state index contributed by atoms with van der Waals surface area (Å²) in [5.41, 5.74) is -6.08. The highest BCUT2D eigenvalue weighted by molar-refractivity contribution is 6.26. The average molecular weight is 916 g/mol. The van der Waals surface area contributed by atoms with Crippen molar-refractivity contribution in [3.63, 3.8) is 0 Å². The third-order valence-corrected chi connectivity index (χ3v) is 13.3. The molecule has 1 amide bonds. The highest BCUT2D eigenvalue weighted by Crippen LogP contribution is 2.48. The quantitative estimate of drug-likeness (QED) is 0.0798. The molecule has 0 fully saturated rings. The van der Waals surface area contributed by atoms with Gasteiger partial charge in [-0.05, 0) is 82.8 Å². The number of nitrogens with one attached hydrogen (secondary N) is 5. The van der Waals surface area contributed by atoms with Gasteiger partial charge in [-0.25, -0.2) is 9.59 Å². The smallest absolute Gasteiger partial charge is 0.408 e. The summed E-state index contributed by atoms with van der Waals surface area (Å²) in [5.74, 6) is -3.49. The Hall–Kier alpha value is -6.24. The summed E-state index contributed by atoms with van der Waals surface area (Å²) in [7, 11) is 1.17. The van der Waals surface area contributed by atoms with Crippen LogP contribution in [0.1, 0.15) is 107 Å². The summed E-state index contributed by atoms with van der Waals surface area (Å²) in [4.78, 5) is 90.0. The molecule has 4 aliphatic rings. The lowest BCUT2D eigenvalue weighted by atomic mass is 9.66. The van der Waals surface area contributed by atoms with Gasteiger partial charge >= 0.3 is 12.1 Å². The minimum atomic E-state index is -2.11. The van der Waals surface area contributed by atoms with Crippen molar-refractivity contribution in [1.82, 2.24) is 26.6 Å². The van der Waals surface area contributed by atoms with Crippen LogP contribution < -0.4 is 26.6 Å². The van der Waals surface area contributed by atoms with Crippen molar-refractivity contribution in [2.24, 2.45) is 17.8 Å². The van der Waals surface area contributed by atoms with Gasteiger partial charge in [-0.3, -0.25) is 19.2 Å². The predicted molar refractivity (Wildman–Crippen MR) is 258 cm³/mol. The van der Waals surface area contributed by atoms with Gasteiger partial charge in [0.15, 0.2) is 28.7 Å². The number of esters is 1. The number of amides is 1. The third kappa shape index (κ3) is 9.13. The fourth-order valence-corrected chi connectivity index (χ4v) is 10.2. The molecule has 0 radical (unpaired) electrons. The van der Waals surface area contributed by atoms with Gasteiger partial charge in [0.25, 0.3) is 0 Å². The van der Waals surface area contributed by atoms with E-state index in [1.165, 1.54) is 19.5 Å². The van der Waals surface area contributed by atoms with Crippen molar-refractivity contribution in [1.29, 1.82) is 0 Å². The Labute approximate surface area is 395 Å². The molecular weight excluding hydrogens is 847 g/mol. The van der Waals surface area contributed by atoms with Gasteiger partial charge in [-0.2, -0.15) is 0 Å². The van der Waals surface area contributed by atoms with Gasteiger partial charge in [-0.1, -0.05) is 114 Å². The van der Waals surface area contributed by atoms with E-state index in [2.05, 4.69) is 26.6 Å². The molecule has 4 aliphatic heterocycles. The van der Waals surface area contributed by atoms with Gasteiger partial charge in [0.1, 0.15) is 27.8 Å². The van der Waals surface area contributed by atoms with E-state index in [1.807, 2.05) is 84.0 Å². The lowest BCUT2D eigenvalue weighted by molar-refractivity contribution is -0.148. The van der Waals surface area contributed by atoms with Gasteiger partial charge in [0.2, 0.25) is 0 Å². The molecule has 0 saturated heterocycles. The number of benzene rings is 2. The lowest BCUT2D eigenvalue weighted by Crippen LogP contribution is -2.62. The molecule has 2 aromatic carbocycles. The molecule has 0 aliphatic carbocycles. The van der Waals surface area contributed by atoms with E-state index in [9.17, 15) is 9.59 Å².